The molecule has 2 N–H and O–H groups in total. The van der Waals surface area contributed by atoms with E-state index >= 15 is 0 Å². The second-order valence-corrected chi connectivity index (χ2v) is 9.35. The van der Waals surface area contributed by atoms with Crippen molar-refractivity contribution < 1.29 is 37.0 Å². The summed E-state index contributed by atoms with van der Waals surface area (Å²) in [5.74, 6) is -6.23. The summed E-state index contributed by atoms with van der Waals surface area (Å²) in [6.45, 7) is 2.87. The number of nitrogens with zero attached hydrogens (tertiary/aromatic N) is 3. The third-order valence-corrected chi connectivity index (χ3v) is 5.62. The minimum absolute atomic E-state index is 0.0720. The van der Waals surface area contributed by atoms with Crippen LogP contribution in [0.15, 0.2) is 60.5 Å². The second kappa shape index (κ2) is 10.7. The van der Waals surface area contributed by atoms with Gasteiger partial charge in [0.2, 0.25) is 5.91 Å². The molecule has 12 heteroatoms. The molecule has 38 heavy (non-hydrogen) atoms. The molecule has 0 aliphatic carbocycles. The van der Waals surface area contributed by atoms with E-state index in [1.807, 2.05) is 0 Å². The summed E-state index contributed by atoms with van der Waals surface area (Å²) in [7, 11) is 0. The van der Waals surface area contributed by atoms with E-state index in [0.29, 0.717) is 0 Å². The Bertz CT molecular complexity index is 1360. The Morgan fingerprint density at radius 2 is 1.68 bits per heavy atom. The van der Waals surface area contributed by atoms with Gasteiger partial charge in [0.15, 0.2) is 23.2 Å². The zero-order valence-corrected chi connectivity index (χ0v) is 20.4. The Labute approximate surface area is 215 Å². The van der Waals surface area contributed by atoms with Crippen LogP contribution in [0.1, 0.15) is 19.4 Å². The lowest BCUT2D eigenvalue weighted by molar-refractivity contribution is -0.133. The van der Waals surface area contributed by atoms with Crippen molar-refractivity contribution >= 4 is 17.6 Å². The van der Waals surface area contributed by atoms with Crippen LogP contribution in [0.5, 0.6) is 5.75 Å². The number of carbonyl (C=O) groups excluding carboxylic acids is 2. The van der Waals surface area contributed by atoms with Crippen molar-refractivity contribution in [3.05, 3.63) is 89.3 Å². The number of hydrogen-bond donors (Lipinski definition) is 2. The molecule has 1 aliphatic heterocycles. The maximum absolute atomic E-state index is 14.5. The van der Waals surface area contributed by atoms with E-state index in [1.165, 1.54) is 16.9 Å². The van der Waals surface area contributed by atoms with E-state index in [0.717, 1.165) is 47.4 Å². The van der Waals surface area contributed by atoms with E-state index in [4.69, 9.17) is 4.74 Å². The number of carbonyl (C=O) groups is 2. The first-order valence-corrected chi connectivity index (χ1v) is 11.5. The third kappa shape index (κ3) is 6.20. The molecule has 3 aromatic rings. The van der Waals surface area contributed by atoms with Crippen LogP contribution in [0.25, 0.3) is 0 Å². The van der Waals surface area contributed by atoms with Crippen LogP contribution < -0.4 is 10.1 Å². The summed E-state index contributed by atoms with van der Waals surface area (Å²) in [6.07, 6.45) is 1.91. The van der Waals surface area contributed by atoms with Crippen molar-refractivity contribution in [1.29, 1.82) is 0 Å². The standard InChI is InChI=1S/C26H24F4N4O4/c1-26(2,37)14-33-10-9-22(32-33)31-25(36)21(12-16-17(27)5-3-6-18(16)28)34-13-15(11-23(34)35)38-24-19(29)7-4-8-20(24)30/h3-11,21,37H,12-14H2,1-2H3,(H,31,32,36). The average Bonchev–Trinajstić information content (AvgIpc) is 3.40. The fraction of sp³-hybridized carbons (Fsp3) is 0.269. The highest BCUT2D eigenvalue weighted by Gasteiger charge is 2.36. The largest absolute Gasteiger partial charge is 0.453 e. The molecule has 2 heterocycles. The van der Waals surface area contributed by atoms with E-state index in [9.17, 15) is 32.3 Å². The van der Waals surface area contributed by atoms with Crippen LogP contribution in [0.3, 0.4) is 0 Å². The van der Waals surface area contributed by atoms with Crippen molar-refractivity contribution in [1.82, 2.24) is 14.7 Å². The Morgan fingerprint density at radius 1 is 1.08 bits per heavy atom. The molecular weight excluding hydrogens is 508 g/mol. The van der Waals surface area contributed by atoms with Crippen molar-refractivity contribution in [2.24, 2.45) is 0 Å². The topological polar surface area (TPSA) is 96.7 Å². The van der Waals surface area contributed by atoms with Gasteiger partial charge in [0.1, 0.15) is 23.4 Å². The Morgan fingerprint density at radius 3 is 2.29 bits per heavy atom. The molecule has 0 radical (unpaired) electrons. The minimum atomic E-state index is -1.45. The normalized spacial score (nSPS) is 14.4. The molecule has 8 nitrogen and oxygen atoms in total. The fourth-order valence-corrected chi connectivity index (χ4v) is 3.94. The molecular formula is C26H24F4N4O4. The van der Waals surface area contributed by atoms with Gasteiger partial charge < -0.3 is 20.1 Å². The van der Waals surface area contributed by atoms with E-state index in [-0.39, 0.29) is 18.1 Å². The monoisotopic (exact) mass is 532 g/mol. The molecule has 2 amide bonds. The van der Waals surface area contributed by atoms with E-state index in [1.54, 1.807) is 13.8 Å². The summed E-state index contributed by atoms with van der Waals surface area (Å²) in [5.41, 5.74) is -1.51. The van der Waals surface area contributed by atoms with Gasteiger partial charge in [0.05, 0.1) is 18.7 Å². The number of aromatic nitrogens is 2. The number of hydrogen-bond acceptors (Lipinski definition) is 5. The lowest BCUT2D eigenvalue weighted by Gasteiger charge is -2.27. The van der Waals surface area contributed by atoms with Crippen molar-refractivity contribution in [2.45, 2.75) is 38.5 Å². The van der Waals surface area contributed by atoms with Crippen LogP contribution in [0.4, 0.5) is 23.4 Å². The quantitative estimate of drug-likeness (QED) is 0.411. The van der Waals surface area contributed by atoms with Crippen molar-refractivity contribution in [2.75, 3.05) is 11.9 Å². The first kappa shape index (κ1) is 26.9. The first-order valence-electron chi connectivity index (χ1n) is 11.5. The van der Waals surface area contributed by atoms with Crippen LogP contribution >= 0.6 is 0 Å². The number of amides is 2. The van der Waals surface area contributed by atoms with Crippen LogP contribution in [-0.2, 0) is 22.6 Å². The number of aliphatic hydroxyl groups is 1. The van der Waals surface area contributed by atoms with Gasteiger partial charge in [0, 0.05) is 30.3 Å². The Hall–Kier alpha value is -4.19. The number of rotatable bonds is 9. The average molecular weight is 532 g/mol. The molecule has 0 saturated heterocycles. The van der Waals surface area contributed by atoms with Crippen molar-refractivity contribution in [3.63, 3.8) is 0 Å². The predicted molar refractivity (Wildman–Crippen MR) is 128 cm³/mol. The molecule has 2 aromatic carbocycles. The number of ether oxygens (including phenoxy) is 1. The highest BCUT2D eigenvalue weighted by Crippen LogP contribution is 2.27. The first-order chi connectivity index (χ1) is 17.9. The second-order valence-electron chi connectivity index (χ2n) is 9.35. The van der Waals surface area contributed by atoms with Gasteiger partial charge in [-0.1, -0.05) is 12.1 Å². The molecule has 1 atom stereocenters. The van der Waals surface area contributed by atoms with Gasteiger partial charge in [-0.3, -0.25) is 14.3 Å². The molecule has 0 spiro atoms. The SMILES string of the molecule is CC(C)(O)Cn1ccc(NC(=O)C(Cc2c(F)cccc2F)N2CC(Oc3c(F)cccc3F)=CC2=O)n1. The minimum Gasteiger partial charge on any atom is -0.453 e. The smallest absolute Gasteiger partial charge is 0.251 e. The van der Waals surface area contributed by atoms with Gasteiger partial charge in [-0.25, -0.2) is 17.6 Å². The Balaban J connectivity index is 1.58. The number of nitrogens with one attached hydrogen (secondary N) is 1. The zero-order valence-electron chi connectivity index (χ0n) is 20.4. The molecule has 0 saturated carbocycles. The molecule has 1 aliphatic rings. The van der Waals surface area contributed by atoms with Crippen molar-refractivity contribution in [3.8, 4) is 5.75 Å². The zero-order chi connectivity index (χ0) is 27.6. The number of para-hydroxylation sites is 1. The highest BCUT2D eigenvalue weighted by molar-refractivity contribution is 6.00. The molecule has 1 unspecified atom stereocenters. The van der Waals surface area contributed by atoms with Gasteiger partial charge in [0.25, 0.3) is 5.91 Å². The van der Waals surface area contributed by atoms with Gasteiger partial charge in [-0.15, -0.1) is 0 Å². The van der Waals surface area contributed by atoms with Crippen LogP contribution in [-0.4, -0.2) is 49.8 Å². The number of benzene rings is 2. The molecule has 0 fully saturated rings. The molecule has 4 rings (SSSR count). The van der Waals surface area contributed by atoms with Gasteiger partial charge in [-0.2, -0.15) is 5.10 Å². The summed E-state index contributed by atoms with van der Waals surface area (Å²) >= 11 is 0. The summed E-state index contributed by atoms with van der Waals surface area (Å²) in [5, 5.41) is 16.6. The Kier molecular flexibility index (Phi) is 7.53. The van der Waals surface area contributed by atoms with Gasteiger partial charge in [-0.05, 0) is 38.1 Å². The summed E-state index contributed by atoms with van der Waals surface area (Å²) < 4.78 is 63.7. The molecule has 200 valence electrons. The van der Waals surface area contributed by atoms with E-state index < -0.39 is 71.0 Å². The highest BCUT2D eigenvalue weighted by atomic mass is 19.1. The van der Waals surface area contributed by atoms with E-state index in [2.05, 4.69) is 10.4 Å². The lowest BCUT2D eigenvalue weighted by atomic mass is 10.0. The maximum Gasteiger partial charge on any atom is 0.251 e. The van der Waals surface area contributed by atoms with Crippen LogP contribution in [0.2, 0.25) is 0 Å². The summed E-state index contributed by atoms with van der Waals surface area (Å²) in [6, 6.07) is 6.29. The number of halogens is 4. The lowest BCUT2D eigenvalue weighted by Crippen LogP contribution is -2.47. The van der Waals surface area contributed by atoms with Gasteiger partial charge >= 0.3 is 0 Å². The van der Waals surface area contributed by atoms with Crippen LogP contribution in [0, 0.1) is 23.3 Å². The summed E-state index contributed by atoms with van der Waals surface area (Å²) in [4.78, 5) is 27.1. The fourth-order valence-electron chi connectivity index (χ4n) is 3.94. The maximum atomic E-state index is 14.5. The molecule has 0 bridgehead atoms. The third-order valence-electron chi connectivity index (χ3n) is 5.62. The predicted octanol–water partition coefficient (Wildman–Crippen LogP) is 3.57. The number of anilines is 1. The molecule has 1 aromatic heterocycles.